The third-order valence-electron chi connectivity index (χ3n) is 2.48. The molecule has 2 unspecified atom stereocenters. The Hall–Kier alpha value is -0.450. The first-order valence-electron chi connectivity index (χ1n) is 5.21. The Bertz CT molecular complexity index is 288. The van der Waals surface area contributed by atoms with E-state index in [2.05, 4.69) is 4.98 Å². The molecule has 0 bridgehead atoms. The summed E-state index contributed by atoms with van der Waals surface area (Å²) >= 11 is 1.62. The van der Waals surface area contributed by atoms with E-state index >= 15 is 0 Å². The molecule has 3 nitrogen and oxygen atoms in total. The molecule has 0 saturated heterocycles. The maximum atomic E-state index is 9.92. The summed E-state index contributed by atoms with van der Waals surface area (Å²) < 4.78 is 4.99. The Morgan fingerprint density at radius 2 is 2.33 bits per heavy atom. The van der Waals surface area contributed by atoms with Crippen molar-refractivity contribution in [2.75, 3.05) is 13.7 Å². The Kier molecular flexibility index (Phi) is 5.22. The van der Waals surface area contributed by atoms with Gasteiger partial charge in [-0.25, -0.2) is 4.98 Å². The fraction of sp³-hybridized carbons (Fsp3) is 0.727. The van der Waals surface area contributed by atoms with Crippen LogP contribution in [-0.2, 0) is 11.2 Å². The fourth-order valence-corrected chi connectivity index (χ4v) is 2.20. The summed E-state index contributed by atoms with van der Waals surface area (Å²) in [7, 11) is 1.68. The van der Waals surface area contributed by atoms with E-state index in [0.29, 0.717) is 13.0 Å². The van der Waals surface area contributed by atoms with Gasteiger partial charge in [0.2, 0.25) is 0 Å². The van der Waals surface area contributed by atoms with Crippen molar-refractivity contribution >= 4 is 11.3 Å². The van der Waals surface area contributed by atoms with Crippen LogP contribution in [0.15, 0.2) is 5.38 Å². The van der Waals surface area contributed by atoms with Crippen LogP contribution in [0.2, 0.25) is 0 Å². The number of aliphatic hydroxyl groups excluding tert-OH is 1. The number of aliphatic hydroxyl groups is 1. The van der Waals surface area contributed by atoms with Crippen molar-refractivity contribution in [3.05, 3.63) is 16.1 Å². The van der Waals surface area contributed by atoms with Gasteiger partial charge in [-0.15, -0.1) is 11.3 Å². The quantitative estimate of drug-likeness (QED) is 0.811. The number of hydrogen-bond acceptors (Lipinski definition) is 4. The largest absolute Gasteiger partial charge is 0.392 e. The predicted octanol–water partition coefficient (Wildman–Crippen LogP) is 2.03. The molecule has 0 aliphatic rings. The first-order valence-corrected chi connectivity index (χ1v) is 6.09. The molecule has 0 saturated carbocycles. The average Bonchev–Trinajstić information content (AvgIpc) is 2.60. The lowest BCUT2D eigenvalue weighted by atomic mass is 9.99. The topological polar surface area (TPSA) is 42.4 Å². The molecule has 0 fully saturated rings. The number of aryl methyl sites for hydroxylation is 1. The average molecular weight is 229 g/mol. The van der Waals surface area contributed by atoms with Crippen LogP contribution in [0, 0.1) is 12.8 Å². The van der Waals surface area contributed by atoms with Gasteiger partial charge < -0.3 is 9.84 Å². The minimum absolute atomic E-state index is 0.258. The second kappa shape index (κ2) is 6.20. The number of ether oxygens (including phenoxy) is 1. The smallest absolute Gasteiger partial charge is 0.0954 e. The normalized spacial score (nSPS) is 15.2. The molecule has 0 amide bonds. The molecule has 1 N–H and O–H groups in total. The zero-order valence-electron chi connectivity index (χ0n) is 9.56. The molecule has 0 aliphatic carbocycles. The van der Waals surface area contributed by atoms with Crippen LogP contribution in [0.3, 0.4) is 0 Å². The fourth-order valence-electron chi connectivity index (χ4n) is 1.37. The van der Waals surface area contributed by atoms with Crippen LogP contribution in [-0.4, -0.2) is 29.9 Å². The third kappa shape index (κ3) is 4.28. The highest BCUT2D eigenvalue weighted by atomic mass is 32.1. The summed E-state index contributed by atoms with van der Waals surface area (Å²) in [6.45, 7) is 4.72. The lowest BCUT2D eigenvalue weighted by Gasteiger charge is -2.17. The molecule has 86 valence electrons. The molecule has 4 heteroatoms. The summed E-state index contributed by atoms with van der Waals surface area (Å²) in [4.78, 5) is 4.34. The Morgan fingerprint density at radius 3 is 2.87 bits per heavy atom. The summed E-state index contributed by atoms with van der Waals surface area (Å²) in [5.74, 6) is 0.258. The lowest BCUT2D eigenvalue weighted by Crippen LogP contribution is -2.21. The van der Waals surface area contributed by atoms with Gasteiger partial charge >= 0.3 is 0 Å². The van der Waals surface area contributed by atoms with E-state index in [0.717, 1.165) is 17.1 Å². The SMILES string of the molecule is COCCC(C)C(O)Cc1nc(C)cs1. The van der Waals surface area contributed by atoms with Crippen molar-refractivity contribution in [3.8, 4) is 0 Å². The zero-order valence-corrected chi connectivity index (χ0v) is 10.4. The predicted molar refractivity (Wildman–Crippen MR) is 62.2 cm³/mol. The maximum Gasteiger partial charge on any atom is 0.0954 e. The van der Waals surface area contributed by atoms with E-state index in [-0.39, 0.29) is 12.0 Å². The molecule has 1 aromatic rings. The molecule has 1 heterocycles. The van der Waals surface area contributed by atoms with E-state index in [4.69, 9.17) is 4.74 Å². The molecular weight excluding hydrogens is 210 g/mol. The number of rotatable bonds is 6. The summed E-state index contributed by atoms with van der Waals surface area (Å²) in [5, 5.41) is 13.0. The monoisotopic (exact) mass is 229 g/mol. The second-order valence-electron chi connectivity index (χ2n) is 3.91. The second-order valence-corrected chi connectivity index (χ2v) is 4.86. The van der Waals surface area contributed by atoms with E-state index in [1.54, 1.807) is 18.4 Å². The van der Waals surface area contributed by atoms with Gasteiger partial charge in [-0.05, 0) is 19.3 Å². The van der Waals surface area contributed by atoms with Gasteiger partial charge in [0.1, 0.15) is 0 Å². The summed E-state index contributed by atoms with van der Waals surface area (Å²) in [5.41, 5.74) is 1.03. The molecule has 2 atom stereocenters. The number of methoxy groups -OCH3 is 1. The third-order valence-corrected chi connectivity index (χ3v) is 3.47. The maximum absolute atomic E-state index is 9.92. The van der Waals surface area contributed by atoms with Gasteiger partial charge in [-0.1, -0.05) is 6.92 Å². The molecule has 1 rings (SSSR count). The molecule has 1 aromatic heterocycles. The van der Waals surface area contributed by atoms with Gasteiger partial charge in [-0.2, -0.15) is 0 Å². The van der Waals surface area contributed by atoms with Crippen LogP contribution in [0.1, 0.15) is 24.0 Å². The van der Waals surface area contributed by atoms with Gasteiger partial charge in [-0.3, -0.25) is 0 Å². The van der Waals surface area contributed by atoms with E-state index < -0.39 is 0 Å². The highest BCUT2D eigenvalue weighted by molar-refractivity contribution is 7.09. The molecular formula is C11H19NO2S. The number of thiazole rings is 1. The standard InChI is InChI=1S/C11H19NO2S/c1-8(4-5-14-3)10(13)6-11-12-9(2)7-15-11/h7-8,10,13H,4-6H2,1-3H3. The highest BCUT2D eigenvalue weighted by Crippen LogP contribution is 2.16. The first kappa shape index (κ1) is 12.6. The van der Waals surface area contributed by atoms with Crippen LogP contribution < -0.4 is 0 Å². The van der Waals surface area contributed by atoms with Crippen molar-refractivity contribution < 1.29 is 9.84 Å². The van der Waals surface area contributed by atoms with E-state index in [1.165, 1.54) is 0 Å². The number of hydrogen-bond donors (Lipinski definition) is 1. The van der Waals surface area contributed by atoms with Gasteiger partial charge in [0.05, 0.1) is 11.1 Å². The van der Waals surface area contributed by atoms with Crippen molar-refractivity contribution in [1.29, 1.82) is 0 Å². The van der Waals surface area contributed by atoms with Gasteiger partial charge in [0.15, 0.2) is 0 Å². The summed E-state index contributed by atoms with van der Waals surface area (Å²) in [6, 6.07) is 0. The molecule has 0 spiro atoms. The molecule has 0 radical (unpaired) electrons. The van der Waals surface area contributed by atoms with E-state index in [9.17, 15) is 5.11 Å². The highest BCUT2D eigenvalue weighted by Gasteiger charge is 2.15. The van der Waals surface area contributed by atoms with E-state index in [1.807, 2.05) is 19.2 Å². The molecule has 0 aliphatic heterocycles. The van der Waals surface area contributed by atoms with Crippen LogP contribution in [0.5, 0.6) is 0 Å². The zero-order chi connectivity index (χ0) is 11.3. The van der Waals surface area contributed by atoms with Gasteiger partial charge in [0, 0.05) is 31.2 Å². The van der Waals surface area contributed by atoms with Gasteiger partial charge in [0.25, 0.3) is 0 Å². The number of aromatic nitrogens is 1. The van der Waals surface area contributed by atoms with Crippen LogP contribution in [0.25, 0.3) is 0 Å². The molecule has 0 aromatic carbocycles. The van der Waals surface area contributed by atoms with Crippen molar-refractivity contribution in [2.45, 2.75) is 32.8 Å². The van der Waals surface area contributed by atoms with Crippen molar-refractivity contribution in [2.24, 2.45) is 5.92 Å². The lowest BCUT2D eigenvalue weighted by molar-refractivity contribution is 0.0886. The first-order chi connectivity index (χ1) is 7.13. The minimum Gasteiger partial charge on any atom is -0.392 e. The number of nitrogens with zero attached hydrogens (tertiary/aromatic N) is 1. The Balaban J connectivity index is 2.37. The molecule has 15 heavy (non-hydrogen) atoms. The van der Waals surface area contributed by atoms with Crippen LogP contribution in [0.4, 0.5) is 0 Å². The van der Waals surface area contributed by atoms with Crippen molar-refractivity contribution in [3.63, 3.8) is 0 Å². The summed E-state index contributed by atoms with van der Waals surface area (Å²) in [6.07, 6.45) is 1.23. The Labute approximate surface area is 95.1 Å². The van der Waals surface area contributed by atoms with Crippen molar-refractivity contribution in [1.82, 2.24) is 4.98 Å². The van der Waals surface area contributed by atoms with Crippen LogP contribution >= 0.6 is 11.3 Å². The Morgan fingerprint density at radius 1 is 1.60 bits per heavy atom. The minimum atomic E-state index is -0.314.